The molecule has 2 amide bonds. The second-order valence-electron chi connectivity index (χ2n) is 6.74. The summed E-state index contributed by atoms with van der Waals surface area (Å²) in [6.07, 6.45) is -3.41. The number of hydrogen-bond donors (Lipinski definition) is 2. The zero-order valence-corrected chi connectivity index (χ0v) is 18.2. The van der Waals surface area contributed by atoms with Crippen LogP contribution < -0.4 is 20.1 Å². The van der Waals surface area contributed by atoms with Gasteiger partial charge in [0.15, 0.2) is 5.13 Å². The number of amides is 2. The number of rotatable bonds is 6. The van der Waals surface area contributed by atoms with Crippen LogP contribution in [0, 0.1) is 0 Å². The van der Waals surface area contributed by atoms with E-state index in [1.54, 1.807) is 24.3 Å². The van der Waals surface area contributed by atoms with E-state index in [1.807, 2.05) is 0 Å². The molecule has 0 aliphatic heterocycles. The van der Waals surface area contributed by atoms with Gasteiger partial charge in [0.1, 0.15) is 22.9 Å². The van der Waals surface area contributed by atoms with E-state index in [0.717, 1.165) is 23.5 Å². The van der Waals surface area contributed by atoms with Crippen molar-refractivity contribution in [1.82, 2.24) is 15.3 Å². The van der Waals surface area contributed by atoms with Gasteiger partial charge in [0.05, 0.1) is 10.2 Å². The third kappa shape index (κ3) is 5.59. The molecular formula is C22H15F3N4O4S. The van der Waals surface area contributed by atoms with Crippen LogP contribution in [0.25, 0.3) is 10.2 Å². The average Bonchev–Trinajstić information content (AvgIpc) is 3.19. The Kier molecular flexibility index (Phi) is 6.32. The number of nitrogens with one attached hydrogen (secondary N) is 2. The minimum Gasteiger partial charge on any atom is -0.457 e. The van der Waals surface area contributed by atoms with Crippen LogP contribution in [-0.4, -0.2) is 35.2 Å². The van der Waals surface area contributed by atoms with Crippen molar-refractivity contribution in [3.05, 3.63) is 72.1 Å². The molecule has 0 atom stereocenters. The summed E-state index contributed by atoms with van der Waals surface area (Å²) in [5.41, 5.74) is 0.769. The lowest BCUT2D eigenvalue weighted by molar-refractivity contribution is -0.274. The van der Waals surface area contributed by atoms with Gasteiger partial charge in [-0.15, -0.1) is 13.2 Å². The average molecular weight is 488 g/mol. The third-order valence-electron chi connectivity index (χ3n) is 4.34. The van der Waals surface area contributed by atoms with Crippen LogP contribution in [0.4, 0.5) is 18.3 Å². The highest BCUT2D eigenvalue weighted by Crippen LogP contribution is 2.32. The first kappa shape index (κ1) is 23.0. The van der Waals surface area contributed by atoms with Gasteiger partial charge in [-0.05, 0) is 36.4 Å². The van der Waals surface area contributed by atoms with Crippen LogP contribution >= 0.6 is 11.3 Å². The molecule has 0 radical (unpaired) electrons. The molecule has 174 valence electrons. The summed E-state index contributed by atoms with van der Waals surface area (Å²) in [6, 6.07) is 12.9. The van der Waals surface area contributed by atoms with E-state index in [9.17, 15) is 22.8 Å². The highest BCUT2D eigenvalue weighted by atomic mass is 32.1. The maximum absolute atomic E-state index is 12.5. The molecule has 2 aromatic heterocycles. The number of nitrogens with zero attached hydrogens (tertiary/aromatic N) is 2. The molecule has 12 heteroatoms. The lowest BCUT2D eigenvalue weighted by atomic mass is 10.2. The monoisotopic (exact) mass is 488 g/mol. The van der Waals surface area contributed by atoms with E-state index in [2.05, 4.69) is 25.3 Å². The Morgan fingerprint density at radius 2 is 1.76 bits per heavy atom. The first-order valence-corrected chi connectivity index (χ1v) is 10.5. The Bertz CT molecular complexity index is 1370. The Morgan fingerprint density at radius 1 is 0.971 bits per heavy atom. The van der Waals surface area contributed by atoms with Gasteiger partial charge in [-0.2, -0.15) is 0 Å². The summed E-state index contributed by atoms with van der Waals surface area (Å²) >= 11 is 1.16. The third-order valence-corrected chi connectivity index (χ3v) is 5.27. The van der Waals surface area contributed by atoms with E-state index in [0.29, 0.717) is 21.7 Å². The molecule has 2 aromatic carbocycles. The van der Waals surface area contributed by atoms with Crippen molar-refractivity contribution in [2.45, 2.75) is 6.36 Å². The Balaban J connectivity index is 1.49. The standard InChI is InChI=1S/C22H15F3N4O4S/c1-26-20(31)17-10-14(7-8-27-17)32-13-5-6-16-18(11-13)34-21(28-16)29-19(30)12-3-2-4-15(9-12)33-22(23,24)25/h2-11H,1H3,(H,26,31)(H,28,29,30). The molecule has 34 heavy (non-hydrogen) atoms. The van der Waals surface area contributed by atoms with Gasteiger partial charge in [-0.3, -0.25) is 19.9 Å². The number of benzene rings is 2. The number of carbonyl (C=O) groups excluding carboxylic acids is 2. The number of anilines is 1. The van der Waals surface area contributed by atoms with Crippen molar-refractivity contribution in [3.8, 4) is 17.2 Å². The number of thiazole rings is 1. The van der Waals surface area contributed by atoms with Gasteiger partial charge >= 0.3 is 6.36 Å². The number of halogens is 3. The van der Waals surface area contributed by atoms with Crippen molar-refractivity contribution in [3.63, 3.8) is 0 Å². The zero-order valence-electron chi connectivity index (χ0n) is 17.3. The maximum atomic E-state index is 12.5. The van der Waals surface area contributed by atoms with E-state index in [4.69, 9.17) is 4.74 Å². The normalized spacial score (nSPS) is 11.2. The molecule has 0 aliphatic rings. The Hall–Kier alpha value is -4.19. The molecule has 2 N–H and O–H groups in total. The summed E-state index contributed by atoms with van der Waals surface area (Å²) in [7, 11) is 1.50. The smallest absolute Gasteiger partial charge is 0.457 e. The van der Waals surface area contributed by atoms with Crippen molar-refractivity contribution in [1.29, 1.82) is 0 Å². The molecule has 0 saturated carbocycles. The van der Waals surface area contributed by atoms with Crippen molar-refractivity contribution in [2.24, 2.45) is 0 Å². The van der Waals surface area contributed by atoms with Gasteiger partial charge in [-0.25, -0.2) is 4.98 Å². The topological polar surface area (TPSA) is 102 Å². The number of alkyl halides is 3. The van der Waals surface area contributed by atoms with E-state index in [-0.39, 0.29) is 22.3 Å². The van der Waals surface area contributed by atoms with Gasteiger partial charge in [-0.1, -0.05) is 17.4 Å². The molecule has 0 fully saturated rings. The summed E-state index contributed by atoms with van der Waals surface area (Å²) in [5, 5.41) is 5.31. The van der Waals surface area contributed by atoms with E-state index in [1.165, 1.54) is 31.4 Å². The first-order valence-electron chi connectivity index (χ1n) is 9.64. The minimum atomic E-state index is -4.86. The maximum Gasteiger partial charge on any atom is 0.573 e. The number of aromatic nitrogens is 2. The lowest BCUT2D eigenvalue weighted by Gasteiger charge is -2.09. The van der Waals surface area contributed by atoms with Crippen LogP contribution in [-0.2, 0) is 0 Å². The SMILES string of the molecule is CNC(=O)c1cc(Oc2ccc3nc(NC(=O)c4cccc(OC(F)(F)F)c4)sc3c2)ccn1. The lowest BCUT2D eigenvalue weighted by Crippen LogP contribution is -2.18. The Labute approximate surface area is 194 Å². The molecule has 2 heterocycles. The van der Waals surface area contributed by atoms with Crippen LogP contribution in [0.1, 0.15) is 20.8 Å². The quantitative estimate of drug-likeness (QED) is 0.396. The van der Waals surface area contributed by atoms with E-state index >= 15 is 0 Å². The number of hydrogen-bond acceptors (Lipinski definition) is 7. The number of ether oxygens (including phenoxy) is 2. The second kappa shape index (κ2) is 9.35. The van der Waals surface area contributed by atoms with Crippen molar-refractivity contribution in [2.75, 3.05) is 12.4 Å². The van der Waals surface area contributed by atoms with Crippen LogP contribution in [0.15, 0.2) is 60.8 Å². The van der Waals surface area contributed by atoms with E-state index < -0.39 is 18.0 Å². The highest BCUT2D eigenvalue weighted by Gasteiger charge is 2.31. The summed E-state index contributed by atoms with van der Waals surface area (Å²) in [5.74, 6) is -0.602. The van der Waals surface area contributed by atoms with Crippen LogP contribution in [0.3, 0.4) is 0 Å². The molecular weight excluding hydrogens is 473 g/mol. The molecule has 8 nitrogen and oxygen atoms in total. The fourth-order valence-electron chi connectivity index (χ4n) is 2.89. The minimum absolute atomic E-state index is 0.0189. The second-order valence-corrected chi connectivity index (χ2v) is 7.77. The first-order chi connectivity index (χ1) is 16.2. The molecule has 0 saturated heterocycles. The Morgan fingerprint density at radius 3 is 2.53 bits per heavy atom. The summed E-state index contributed by atoms with van der Waals surface area (Å²) in [4.78, 5) is 32.5. The number of pyridine rings is 1. The zero-order chi connectivity index (χ0) is 24.3. The molecule has 0 unspecified atom stereocenters. The predicted molar refractivity (Wildman–Crippen MR) is 118 cm³/mol. The summed E-state index contributed by atoms with van der Waals surface area (Å²) in [6.45, 7) is 0. The van der Waals surface area contributed by atoms with Crippen LogP contribution in [0.5, 0.6) is 17.2 Å². The fraction of sp³-hybridized carbons (Fsp3) is 0.0909. The number of fused-ring (bicyclic) bond motifs is 1. The highest BCUT2D eigenvalue weighted by molar-refractivity contribution is 7.22. The molecule has 4 aromatic rings. The van der Waals surface area contributed by atoms with Crippen molar-refractivity contribution >= 4 is 38.5 Å². The largest absolute Gasteiger partial charge is 0.573 e. The van der Waals surface area contributed by atoms with Crippen molar-refractivity contribution < 1.29 is 32.2 Å². The molecule has 0 aliphatic carbocycles. The van der Waals surface area contributed by atoms with Gasteiger partial charge in [0.2, 0.25) is 0 Å². The van der Waals surface area contributed by atoms with Gasteiger partial charge in [0, 0.05) is 30.9 Å². The van der Waals surface area contributed by atoms with Gasteiger partial charge in [0.25, 0.3) is 11.8 Å². The number of carbonyl (C=O) groups is 2. The molecule has 0 bridgehead atoms. The fourth-order valence-corrected chi connectivity index (χ4v) is 3.78. The molecule has 4 rings (SSSR count). The van der Waals surface area contributed by atoms with Crippen LogP contribution in [0.2, 0.25) is 0 Å². The van der Waals surface area contributed by atoms with Gasteiger partial charge < -0.3 is 14.8 Å². The summed E-state index contributed by atoms with van der Waals surface area (Å²) < 4.78 is 47.6. The predicted octanol–water partition coefficient (Wildman–Crippen LogP) is 4.99. The molecule has 0 spiro atoms.